The number of sulfonamides is 1. The lowest BCUT2D eigenvalue weighted by Crippen LogP contribution is -2.38. The summed E-state index contributed by atoms with van der Waals surface area (Å²) in [5, 5.41) is 9.28. The minimum absolute atomic E-state index is 0.193. The molecule has 5 heteroatoms. The minimum Gasteiger partial charge on any atom is -0.395 e. The standard InChI is InChI=1S/C15H25NO3S/c1-11(2)9-14(10-17)16-20(18,19)15-7-5-13(6-8-15)12(3)4/h5-8,11-12,14,16-17H,9-10H2,1-4H3. The van der Waals surface area contributed by atoms with E-state index in [-0.39, 0.29) is 11.5 Å². The third-order valence-corrected chi connectivity index (χ3v) is 4.69. The van der Waals surface area contributed by atoms with E-state index in [2.05, 4.69) is 18.6 Å². The Bertz CT molecular complexity index is 506. The maximum atomic E-state index is 12.2. The third-order valence-electron chi connectivity index (χ3n) is 3.16. The molecule has 0 saturated carbocycles. The molecule has 0 saturated heterocycles. The Morgan fingerprint density at radius 2 is 1.65 bits per heavy atom. The Morgan fingerprint density at radius 1 is 1.10 bits per heavy atom. The summed E-state index contributed by atoms with van der Waals surface area (Å²) in [5.74, 6) is 0.684. The largest absolute Gasteiger partial charge is 0.395 e. The van der Waals surface area contributed by atoms with Gasteiger partial charge in [0.25, 0.3) is 0 Å². The Kier molecular flexibility index (Phi) is 6.17. The van der Waals surface area contributed by atoms with Gasteiger partial charge in [-0.05, 0) is 36.0 Å². The summed E-state index contributed by atoms with van der Waals surface area (Å²) in [4.78, 5) is 0.240. The summed E-state index contributed by atoms with van der Waals surface area (Å²) >= 11 is 0. The van der Waals surface area contributed by atoms with E-state index in [0.717, 1.165) is 5.56 Å². The van der Waals surface area contributed by atoms with E-state index in [4.69, 9.17) is 0 Å². The van der Waals surface area contributed by atoms with Crippen LogP contribution in [0.1, 0.15) is 45.6 Å². The quantitative estimate of drug-likeness (QED) is 0.813. The number of rotatable bonds is 7. The molecule has 1 aromatic carbocycles. The first-order valence-corrected chi connectivity index (χ1v) is 8.47. The molecular formula is C15H25NO3S. The van der Waals surface area contributed by atoms with Crippen LogP contribution in [0, 0.1) is 5.92 Å². The Hall–Kier alpha value is -0.910. The molecule has 0 aromatic heterocycles. The topological polar surface area (TPSA) is 66.4 Å². The molecule has 1 unspecified atom stereocenters. The van der Waals surface area contributed by atoms with Crippen molar-refractivity contribution >= 4 is 10.0 Å². The van der Waals surface area contributed by atoms with Crippen LogP contribution in [-0.4, -0.2) is 26.2 Å². The fourth-order valence-corrected chi connectivity index (χ4v) is 3.29. The van der Waals surface area contributed by atoms with E-state index in [1.807, 2.05) is 26.0 Å². The summed E-state index contributed by atoms with van der Waals surface area (Å²) < 4.78 is 27.0. The molecule has 20 heavy (non-hydrogen) atoms. The number of hydrogen-bond acceptors (Lipinski definition) is 3. The van der Waals surface area contributed by atoms with Crippen LogP contribution in [0.15, 0.2) is 29.2 Å². The van der Waals surface area contributed by atoms with Gasteiger partial charge in [0.15, 0.2) is 0 Å². The fourth-order valence-electron chi connectivity index (χ4n) is 2.05. The summed E-state index contributed by atoms with van der Waals surface area (Å²) in [6, 6.07) is 6.44. The molecule has 2 N–H and O–H groups in total. The molecule has 0 aliphatic rings. The summed E-state index contributed by atoms with van der Waals surface area (Å²) in [7, 11) is -3.57. The van der Waals surface area contributed by atoms with E-state index in [9.17, 15) is 13.5 Å². The Labute approximate surface area is 122 Å². The maximum absolute atomic E-state index is 12.2. The average molecular weight is 299 g/mol. The average Bonchev–Trinajstić information content (AvgIpc) is 2.37. The molecule has 0 radical (unpaired) electrons. The molecule has 0 spiro atoms. The highest BCUT2D eigenvalue weighted by atomic mass is 32.2. The van der Waals surface area contributed by atoms with Gasteiger partial charge in [-0.1, -0.05) is 39.8 Å². The van der Waals surface area contributed by atoms with E-state index < -0.39 is 16.1 Å². The molecule has 1 aromatic rings. The Balaban J connectivity index is 2.87. The van der Waals surface area contributed by atoms with Gasteiger partial charge in [-0.3, -0.25) is 0 Å². The minimum atomic E-state index is -3.57. The molecule has 0 aliphatic heterocycles. The predicted octanol–water partition coefficient (Wildman–Crippen LogP) is 2.50. The first-order chi connectivity index (χ1) is 9.26. The van der Waals surface area contributed by atoms with Crippen molar-refractivity contribution in [1.82, 2.24) is 4.72 Å². The predicted molar refractivity (Wildman–Crippen MR) is 81.2 cm³/mol. The van der Waals surface area contributed by atoms with Crippen LogP contribution < -0.4 is 4.72 Å². The monoisotopic (exact) mass is 299 g/mol. The second kappa shape index (κ2) is 7.20. The van der Waals surface area contributed by atoms with E-state index in [1.54, 1.807) is 12.1 Å². The first-order valence-electron chi connectivity index (χ1n) is 6.99. The van der Waals surface area contributed by atoms with Crippen molar-refractivity contribution in [3.05, 3.63) is 29.8 Å². The molecule has 1 rings (SSSR count). The highest BCUT2D eigenvalue weighted by Crippen LogP contribution is 2.18. The zero-order chi connectivity index (χ0) is 15.3. The summed E-state index contributed by atoms with van der Waals surface area (Å²) in [6.45, 7) is 7.92. The lowest BCUT2D eigenvalue weighted by Gasteiger charge is -2.18. The van der Waals surface area contributed by atoms with Crippen LogP contribution in [0.2, 0.25) is 0 Å². The van der Waals surface area contributed by atoms with Gasteiger partial charge in [0.2, 0.25) is 10.0 Å². The van der Waals surface area contributed by atoms with Crippen LogP contribution in [0.25, 0.3) is 0 Å². The van der Waals surface area contributed by atoms with Crippen molar-refractivity contribution in [3.63, 3.8) is 0 Å². The summed E-state index contributed by atoms with van der Waals surface area (Å²) in [5.41, 5.74) is 1.10. The number of benzene rings is 1. The van der Waals surface area contributed by atoms with Crippen LogP contribution >= 0.6 is 0 Å². The smallest absolute Gasteiger partial charge is 0.240 e. The third kappa shape index (κ3) is 4.89. The zero-order valence-electron chi connectivity index (χ0n) is 12.6. The van der Waals surface area contributed by atoms with Crippen molar-refractivity contribution in [2.45, 2.75) is 51.0 Å². The molecular weight excluding hydrogens is 274 g/mol. The number of aliphatic hydroxyl groups excluding tert-OH is 1. The normalized spacial score (nSPS) is 13.9. The van der Waals surface area contributed by atoms with Gasteiger partial charge in [-0.15, -0.1) is 0 Å². The molecule has 0 amide bonds. The highest BCUT2D eigenvalue weighted by molar-refractivity contribution is 7.89. The van der Waals surface area contributed by atoms with Crippen LogP contribution in [0.4, 0.5) is 0 Å². The van der Waals surface area contributed by atoms with Crippen molar-refractivity contribution in [3.8, 4) is 0 Å². The van der Waals surface area contributed by atoms with Crippen molar-refractivity contribution in [1.29, 1.82) is 0 Å². The Morgan fingerprint density at radius 3 is 2.05 bits per heavy atom. The molecule has 0 bridgehead atoms. The van der Waals surface area contributed by atoms with Gasteiger partial charge in [-0.2, -0.15) is 0 Å². The molecule has 1 atom stereocenters. The molecule has 114 valence electrons. The second-order valence-electron chi connectivity index (χ2n) is 5.85. The van der Waals surface area contributed by atoms with E-state index in [1.165, 1.54) is 0 Å². The lowest BCUT2D eigenvalue weighted by atomic mass is 10.0. The summed E-state index contributed by atoms with van der Waals surface area (Å²) in [6.07, 6.45) is 0.611. The van der Waals surface area contributed by atoms with Crippen LogP contribution in [0.3, 0.4) is 0 Å². The van der Waals surface area contributed by atoms with Gasteiger partial charge in [-0.25, -0.2) is 13.1 Å². The zero-order valence-corrected chi connectivity index (χ0v) is 13.4. The van der Waals surface area contributed by atoms with E-state index >= 15 is 0 Å². The molecule has 0 heterocycles. The van der Waals surface area contributed by atoms with Crippen LogP contribution in [0.5, 0.6) is 0 Å². The second-order valence-corrected chi connectivity index (χ2v) is 7.57. The van der Waals surface area contributed by atoms with Gasteiger partial charge in [0.05, 0.1) is 11.5 Å². The first kappa shape index (κ1) is 17.1. The number of nitrogens with one attached hydrogen (secondary N) is 1. The number of aliphatic hydroxyl groups is 1. The van der Waals surface area contributed by atoms with Crippen LogP contribution in [-0.2, 0) is 10.0 Å². The van der Waals surface area contributed by atoms with Crippen molar-refractivity contribution in [2.24, 2.45) is 5.92 Å². The van der Waals surface area contributed by atoms with Gasteiger partial charge < -0.3 is 5.11 Å². The number of hydrogen-bond donors (Lipinski definition) is 2. The van der Waals surface area contributed by atoms with Crippen molar-refractivity contribution < 1.29 is 13.5 Å². The highest BCUT2D eigenvalue weighted by Gasteiger charge is 2.20. The SMILES string of the molecule is CC(C)CC(CO)NS(=O)(=O)c1ccc(C(C)C)cc1. The molecule has 4 nitrogen and oxygen atoms in total. The lowest BCUT2D eigenvalue weighted by molar-refractivity contribution is 0.240. The van der Waals surface area contributed by atoms with Gasteiger partial charge in [0, 0.05) is 6.04 Å². The van der Waals surface area contributed by atoms with E-state index in [0.29, 0.717) is 18.3 Å². The van der Waals surface area contributed by atoms with Crippen molar-refractivity contribution in [2.75, 3.05) is 6.61 Å². The van der Waals surface area contributed by atoms with Gasteiger partial charge in [0.1, 0.15) is 0 Å². The molecule has 0 fully saturated rings. The maximum Gasteiger partial charge on any atom is 0.240 e. The fraction of sp³-hybridized carbons (Fsp3) is 0.600. The van der Waals surface area contributed by atoms with Gasteiger partial charge >= 0.3 is 0 Å². The molecule has 0 aliphatic carbocycles.